The molecule has 0 amide bonds. The minimum absolute atomic E-state index is 0.321. The number of rotatable bonds is 3. The molecule has 96 valence electrons. The van der Waals surface area contributed by atoms with Crippen LogP contribution in [0.25, 0.3) is 5.69 Å². The molecule has 0 spiro atoms. The van der Waals surface area contributed by atoms with Crippen LogP contribution in [0.2, 0.25) is 0 Å². The molecule has 0 atom stereocenters. The van der Waals surface area contributed by atoms with Crippen molar-refractivity contribution in [1.82, 2.24) is 9.78 Å². The van der Waals surface area contributed by atoms with Gasteiger partial charge in [-0.15, -0.1) is 0 Å². The van der Waals surface area contributed by atoms with E-state index < -0.39 is 0 Å². The third kappa shape index (κ3) is 2.22. The fraction of sp³-hybridized carbons (Fsp3) is 0.308. The van der Waals surface area contributed by atoms with Crippen LogP contribution >= 0.6 is 15.9 Å². The quantitative estimate of drug-likeness (QED) is 0.946. The Hall–Kier alpha value is -1.49. The molecule has 0 aliphatic rings. The molecule has 1 aromatic heterocycles. The van der Waals surface area contributed by atoms with E-state index in [1.54, 1.807) is 11.8 Å². The van der Waals surface area contributed by atoms with Crippen molar-refractivity contribution in [3.8, 4) is 11.4 Å². The molecule has 2 N–H and O–H groups in total. The smallest absolute Gasteiger partial charge is 0.141 e. The molecule has 0 radical (unpaired) electrons. The maximum absolute atomic E-state index is 6.07. The number of nitrogens with zero attached hydrogens (tertiary/aromatic N) is 2. The zero-order valence-electron chi connectivity index (χ0n) is 10.6. The summed E-state index contributed by atoms with van der Waals surface area (Å²) in [6.07, 6.45) is 0. The lowest BCUT2D eigenvalue weighted by molar-refractivity contribution is 0.414. The summed E-state index contributed by atoms with van der Waals surface area (Å²) < 4.78 is 7.74. The van der Waals surface area contributed by atoms with Crippen LogP contribution in [0, 0.1) is 0 Å². The zero-order valence-corrected chi connectivity index (χ0v) is 12.2. The molecule has 0 saturated carbocycles. The van der Waals surface area contributed by atoms with Crippen molar-refractivity contribution in [2.24, 2.45) is 0 Å². The predicted octanol–water partition coefficient (Wildman–Crippen LogP) is 3.35. The number of methoxy groups -OCH3 is 1. The Morgan fingerprint density at radius 1 is 1.28 bits per heavy atom. The standard InChI is InChI=1S/C13H16BrN3O/c1-8(2)12-11(14)13(15)17(16-12)9-4-6-10(18-3)7-5-9/h4-8H,15H2,1-3H3. The van der Waals surface area contributed by atoms with Gasteiger partial charge in [-0.25, -0.2) is 4.68 Å². The molecule has 2 aromatic rings. The molecule has 4 nitrogen and oxygen atoms in total. The van der Waals surface area contributed by atoms with Crippen LogP contribution in [0.15, 0.2) is 28.7 Å². The Balaban J connectivity index is 2.47. The first-order valence-electron chi connectivity index (χ1n) is 5.73. The molecule has 0 aliphatic heterocycles. The maximum atomic E-state index is 6.07. The molecule has 1 aromatic carbocycles. The third-order valence-corrected chi connectivity index (χ3v) is 3.56. The maximum Gasteiger partial charge on any atom is 0.141 e. The molecular formula is C13H16BrN3O. The van der Waals surface area contributed by atoms with E-state index in [4.69, 9.17) is 10.5 Å². The van der Waals surface area contributed by atoms with Gasteiger partial charge in [-0.1, -0.05) is 13.8 Å². The van der Waals surface area contributed by atoms with Gasteiger partial charge in [0, 0.05) is 0 Å². The summed E-state index contributed by atoms with van der Waals surface area (Å²) in [5.74, 6) is 1.75. The van der Waals surface area contributed by atoms with Crippen molar-refractivity contribution in [2.75, 3.05) is 12.8 Å². The van der Waals surface area contributed by atoms with E-state index in [9.17, 15) is 0 Å². The van der Waals surface area contributed by atoms with Gasteiger partial charge < -0.3 is 10.5 Å². The second kappa shape index (κ2) is 5.02. The van der Waals surface area contributed by atoms with E-state index in [-0.39, 0.29) is 0 Å². The monoisotopic (exact) mass is 309 g/mol. The van der Waals surface area contributed by atoms with Crippen molar-refractivity contribution in [2.45, 2.75) is 19.8 Å². The van der Waals surface area contributed by atoms with Gasteiger partial charge in [0.15, 0.2) is 0 Å². The number of aromatic nitrogens is 2. The van der Waals surface area contributed by atoms with E-state index in [2.05, 4.69) is 34.9 Å². The molecule has 0 fully saturated rings. The molecule has 18 heavy (non-hydrogen) atoms. The normalized spacial score (nSPS) is 10.9. The first-order valence-corrected chi connectivity index (χ1v) is 6.52. The minimum Gasteiger partial charge on any atom is -0.497 e. The fourth-order valence-electron chi connectivity index (χ4n) is 1.72. The van der Waals surface area contributed by atoms with Crippen molar-refractivity contribution in [1.29, 1.82) is 0 Å². The molecular weight excluding hydrogens is 294 g/mol. The summed E-state index contributed by atoms with van der Waals surface area (Å²) in [6.45, 7) is 4.18. The summed E-state index contributed by atoms with van der Waals surface area (Å²) in [6, 6.07) is 7.64. The number of nitrogen functional groups attached to an aromatic ring is 1. The Kier molecular flexibility index (Phi) is 3.61. The van der Waals surface area contributed by atoms with Crippen LogP contribution in [-0.2, 0) is 0 Å². The number of hydrogen-bond acceptors (Lipinski definition) is 3. The van der Waals surface area contributed by atoms with Gasteiger partial charge in [0.05, 0.1) is 23.0 Å². The van der Waals surface area contributed by atoms with Gasteiger partial charge in [0.25, 0.3) is 0 Å². The highest BCUT2D eigenvalue weighted by Crippen LogP contribution is 2.31. The zero-order chi connectivity index (χ0) is 13.3. The molecule has 0 unspecified atom stereocenters. The number of halogens is 1. The van der Waals surface area contributed by atoms with Crippen LogP contribution in [-0.4, -0.2) is 16.9 Å². The summed E-state index contributed by atoms with van der Waals surface area (Å²) in [5, 5.41) is 4.54. The number of ether oxygens (including phenoxy) is 1. The minimum atomic E-state index is 0.321. The predicted molar refractivity (Wildman–Crippen MR) is 76.3 cm³/mol. The third-order valence-electron chi connectivity index (χ3n) is 2.75. The fourth-order valence-corrected chi connectivity index (χ4v) is 2.42. The highest BCUT2D eigenvalue weighted by atomic mass is 79.9. The van der Waals surface area contributed by atoms with Crippen molar-refractivity contribution < 1.29 is 4.74 Å². The molecule has 5 heteroatoms. The average molecular weight is 310 g/mol. The van der Waals surface area contributed by atoms with E-state index >= 15 is 0 Å². The Bertz CT molecular complexity index is 546. The van der Waals surface area contributed by atoms with E-state index in [0.717, 1.165) is 21.6 Å². The lowest BCUT2D eigenvalue weighted by Crippen LogP contribution is -2.02. The Labute approximate surface area is 115 Å². The van der Waals surface area contributed by atoms with E-state index in [1.807, 2.05) is 24.3 Å². The van der Waals surface area contributed by atoms with Gasteiger partial charge in [0.1, 0.15) is 11.6 Å². The highest BCUT2D eigenvalue weighted by molar-refractivity contribution is 9.10. The number of hydrogen-bond donors (Lipinski definition) is 1. The van der Waals surface area contributed by atoms with Crippen molar-refractivity contribution in [3.63, 3.8) is 0 Å². The molecule has 1 heterocycles. The Morgan fingerprint density at radius 2 is 1.89 bits per heavy atom. The SMILES string of the molecule is COc1ccc(-n2nc(C(C)C)c(Br)c2N)cc1. The Morgan fingerprint density at radius 3 is 2.33 bits per heavy atom. The van der Waals surface area contributed by atoms with Gasteiger partial charge in [-0.3, -0.25) is 0 Å². The lowest BCUT2D eigenvalue weighted by atomic mass is 10.1. The van der Waals surface area contributed by atoms with E-state index in [0.29, 0.717) is 11.7 Å². The molecule has 0 saturated heterocycles. The van der Waals surface area contributed by atoms with Crippen molar-refractivity contribution >= 4 is 21.7 Å². The van der Waals surface area contributed by atoms with Gasteiger partial charge in [-0.05, 0) is 46.1 Å². The lowest BCUT2D eigenvalue weighted by Gasteiger charge is -2.05. The summed E-state index contributed by atoms with van der Waals surface area (Å²) in [4.78, 5) is 0. The second-order valence-corrected chi connectivity index (χ2v) is 5.14. The number of anilines is 1. The summed E-state index contributed by atoms with van der Waals surface area (Å²) >= 11 is 3.49. The van der Waals surface area contributed by atoms with E-state index in [1.165, 1.54) is 0 Å². The van der Waals surface area contributed by atoms with Crippen LogP contribution < -0.4 is 10.5 Å². The number of nitrogens with two attached hydrogens (primary N) is 1. The largest absolute Gasteiger partial charge is 0.497 e. The van der Waals surface area contributed by atoms with Crippen LogP contribution in [0.3, 0.4) is 0 Å². The average Bonchev–Trinajstić information content (AvgIpc) is 2.67. The van der Waals surface area contributed by atoms with Crippen LogP contribution in [0.4, 0.5) is 5.82 Å². The summed E-state index contributed by atoms with van der Waals surface area (Å²) in [7, 11) is 1.64. The molecule has 0 bridgehead atoms. The van der Waals surface area contributed by atoms with Crippen LogP contribution in [0.1, 0.15) is 25.5 Å². The molecule has 0 aliphatic carbocycles. The number of benzene rings is 1. The first kappa shape index (κ1) is 13.0. The first-order chi connectivity index (χ1) is 8.54. The van der Waals surface area contributed by atoms with Gasteiger partial charge in [0.2, 0.25) is 0 Å². The second-order valence-electron chi connectivity index (χ2n) is 4.35. The van der Waals surface area contributed by atoms with Gasteiger partial charge in [-0.2, -0.15) is 5.10 Å². The van der Waals surface area contributed by atoms with Crippen LogP contribution in [0.5, 0.6) is 5.75 Å². The molecule has 2 rings (SSSR count). The van der Waals surface area contributed by atoms with Gasteiger partial charge >= 0.3 is 0 Å². The highest BCUT2D eigenvalue weighted by Gasteiger charge is 2.16. The summed E-state index contributed by atoms with van der Waals surface area (Å²) in [5.41, 5.74) is 7.95. The topological polar surface area (TPSA) is 53.1 Å². The van der Waals surface area contributed by atoms with Crippen molar-refractivity contribution in [3.05, 3.63) is 34.4 Å².